The lowest BCUT2D eigenvalue weighted by Crippen LogP contribution is -2.69. The number of hydrogen-bond acceptors (Lipinski definition) is 8. The highest BCUT2D eigenvalue weighted by Crippen LogP contribution is 2.34. The van der Waals surface area contributed by atoms with Gasteiger partial charge in [-0.3, -0.25) is 14.4 Å². The SMILES string of the molecule is CC(=O)N[C@H]1C(OC(C)=O)O[C@@H]2COC(C)(C)O[C@H]2[C@@H]1OC(C)=O. The van der Waals surface area contributed by atoms with E-state index in [4.69, 9.17) is 23.7 Å². The molecule has 2 saturated heterocycles. The average molecular weight is 345 g/mol. The minimum atomic E-state index is -1.12. The fraction of sp³-hybridized carbons (Fsp3) is 0.800. The molecular weight excluding hydrogens is 322 g/mol. The third-order valence-corrected chi connectivity index (χ3v) is 3.62. The van der Waals surface area contributed by atoms with Gasteiger partial charge in [0.15, 0.2) is 11.9 Å². The van der Waals surface area contributed by atoms with Crippen molar-refractivity contribution in [2.24, 2.45) is 0 Å². The second kappa shape index (κ2) is 7.04. The third-order valence-electron chi connectivity index (χ3n) is 3.62. The molecule has 0 aliphatic carbocycles. The van der Waals surface area contributed by atoms with Crippen LogP contribution in [0, 0.1) is 0 Å². The first kappa shape index (κ1) is 18.6. The number of esters is 2. The summed E-state index contributed by atoms with van der Waals surface area (Å²) in [6, 6.07) is -0.898. The van der Waals surface area contributed by atoms with Crippen molar-refractivity contribution in [3.63, 3.8) is 0 Å². The minimum absolute atomic E-state index is 0.167. The summed E-state index contributed by atoms with van der Waals surface area (Å²) in [6.45, 7) is 7.38. The fourth-order valence-corrected chi connectivity index (χ4v) is 2.81. The number of ether oxygens (including phenoxy) is 5. The van der Waals surface area contributed by atoms with E-state index in [1.807, 2.05) is 0 Å². The van der Waals surface area contributed by atoms with Crippen molar-refractivity contribution in [3.05, 3.63) is 0 Å². The van der Waals surface area contributed by atoms with Gasteiger partial charge in [0.2, 0.25) is 12.2 Å². The number of carbonyl (C=O) groups excluding carboxylic acids is 3. The molecule has 9 heteroatoms. The van der Waals surface area contributed by atoms with Crippen LogP contribution in [-0.2, 0) is 38.1 Å². The van der Waals surface area contributed by atoms with Crippen LogP contribution >= 0.6 is 0 Å². The van der Waals surface area contributed by atoms with E-state index >= 15 is 0 Å². The maximum Gasteiger partial charge on any atom is 0.305 e. The van der Waals surface area contributed by atoms with Crippen LogP contribution in [0.1, 0.15) is 34.6 Å². The van der Waals surface area contributed by atoms with Crippen LogP contribution in [0.2, 0.25) is 0 Å². The Bertz CT molecular complexity index is 520. The van der Waals surface area contributed by atoms with E-state index < -0.39 is 48.4 Å². The van der Waals surface area contributed by atoms with Gasteiger partial charge < -0.3 is 29.0 Å². The summed E-state index contributed by atoms with van der Waals surface area (Å²) in [5.74, 6) is -2.43. The van der Waals surface area contributed by atoms with Gasteiger partial charge in [-0.1, -0.05) is 0 Å². The molecule has 1 unspecified atom stereocenters. The summed E-state index contributed by atoms with van der Waals surface area (Å²) in [5, 5.41) is 2.61. The zero-order valence-electron chi connectivity index (χ0n) is 14.4. The average Bonchev–Trinajstić information content (AvgIpc) is 2.41. The van der Waals surface area contributed by atoms with Crippen molar-refractivity contribution >= 4 is 17.8 Å². The molecule has 2 heterocycles. The highest BCUT2D eigenvalue weighted by molar-refractivity contribution is 5.73. The van der Waals surface area contributed by atoms with Gasteiger partial charge in [-0.15, -0.1) is 0 Å². The molecule has 0 aromatic carbocycles. The van der Waals surface area contributed by atoms with Gasteiger partial charge in [-0.2, -0.15) is 0 Å². The minimum Gasteiger partial charge on any atom is -0.457 e. The lowest BCUT2D eigenvalue weighted by molar-refractivity contribution is -0.365. The molecule has 1 amide bonds. The predicted molar refractivity (Wildman–Crippen MR) is 78.5 cm³/mol. The molecule has 2 aliphatic rings. The van der Waals surface area contributed by atoms with Crippen LogP contribution in [-0.4, -0.2) is 60.9 Å². The molecule has 0 aromatic rings. The Hall–Kier alpha value is -1.71. The Morgan fingerprint density at radius 1 is 1.08 bits per heavy atom. The quantitative estimate of drug-likeness (QED) is 0.704. The molecule has 1 N–H and O–H groups in total. The Kier molecular flexibility index (Phi) is 5.46. The van der Waals surface area contributed by atoms with Gasteiger partial charge in [0.05, 0.1) is 6.61 Å². The smallest absolute Gasteiger partial charge is 0.305 e. The molecule has 24 heavy (non-hydrogen) atoms. The van der Waals surface area contributed by atoms with E-state index in [-0.39, 0.29) is 12.5 Å². The summed E-state index contributed by atoms with van der Waals surface area (Å²) in [4.78, 5) is 34.4. The van der Waals surface area contributed by atoms with E-state index in [1.165, 1.54) is 20.8 Å². The molecule has 2 aliphatic heterocycles. The number of amides is 1. The van der Waals surface area contributed by atoms with Crippen LogP contribution in [0.3, 0.4) is 0 Å². The topological polar surface area (TPSA) is 109 Å². The standard InChI is InChI=1S/C15H23NO8/c1-7(17)16-11-13(21-8(2)18)12-10(6-20-15(4,5)24-12)23-14(11)22-9(3)19/h10-14H,6H2,1-5H3,(H,16,17)/t10-,11-,12-,13-,14?/m1/s1. The van der Waals surface area contributed by atoms with Gasteiger partial charge in [0.25, 0.3) is 0 Å². The molecule has 0 bridgehead atoms. The lowest BCUT2D eigenvalue weighted by Gasteiger charge is -2.50. The maximum atomic E-state index is 11.5. The molecule has 9 nitrogen and oxygen atoms in total. The van der Waals surface area contributed by atoms with Crippen molar-refractivity contribution < 1.29 is 38.1 Å². The van der Waals surface area contributed by atoms with Crippen LogP contribution in [0.4, 0.5) is 0 Å². The number of hydrogen-bond donors (Lipinski definition) is 1. The van der Waals surface area contributed by atoms with E-state index in [9.17, 15) is 14.4 Å². The second-order valence-electron chi connectivity index (χ2n) is 6.25. The second-order valence-corrected chi connectivity index (χ2v) is 6.25. The zero-order chi connectivity index (χ0) is 18.1. The van der Waals surface area contributed by atoms with Gasteiger partial charge >= 0.3 is 11.9 Å². The maximum absolute atomic E-state index is 11.5. The van der Waals surface area contributed by atoms with Crippen molar-refractivity contribution in [3.8, 4) is 0 Å². The first-order valence-corrected chi connectivity index (χ1v) is 7.68. The van der Waals surface area contributed by atoms with Gasteiger partial charge in [0.1, 0.15) is 18.2 Å². The monoisotopic (exact) mass is 345 g/mol. The molecular formula is C15H23NO8. The van der Waals surface area contributed by atoms with E-state index in [0.717, 1.165) is 0 Å². The Morgan fingerprint density at radius 2 is 1.71 bits per heavy atom. The number of nitrogens with one attached hydrogen (secondary N) is 1. The third kappa shape index (κ3) is 4.43. The zero-order valence-corrected chi connectivity index (χ0v) is 14.4. The molecule has 0 saturated carbocycles. The molecule has 2 fully saturated rings. The lowest BCUT2D eigenvalue weighted by atomic mass is 9.95. The molecule has 136 valence electrons. The molecule has 5 atom stereocenters. The first-order chi connectivity index (χ1) is 11.1. The molecule has 0 spiro atoms. The molecule has 0 aromatic heterocycles. The van der Waals surface area contributed by atoms with Gasteiger partial charge in [-0.25, -0.2) is 0 Å². The normalized spacial score (nSPS) is 34.6. The van der Waals surface area contributed by atoms with E-state index in [1.54, 1.807) is 13.8 Å². The number of rotatable bonds is 3. The van der Waals surface area contributed by atoms with Crippen LogP contribution in [0.5, 0.6) is 0 Å². The number of fused-ring (bicyclic) bond motifs is 1. The Morgan fingerprint density at radius 3 is 2.25 bits per heavy atom. The van der Waals surface area contributed by atoms with Crippen molar-refractivity contribution in [2.75, 3.05) is 6.61 Å². The fourth-order valence-electron chi connectivity index (χ4n) is 2.81. The van der Waals surface area contributed by atoms with Crippen molar-refractivity contribution in [1.82, 2.24) is 5.32 Å². The number of carbonyl (C=O) groups is 3. The summed E-state index contributed by atoms with van der Waals surface area (Å²) in [6.07, 6.45) is -3.30. The summed E-state index contributed by atoms with van der Waals surface area (Å²) in [7, 11) is 0. The summed E-state index contributed by atoms with van der Waals surface area (Å²) >= 11 is 0. The van der Waals surface area contributed by atoms with E-state index in [2.05, 4.69) is 5.32 Å². The first-order valence-electron chi connectivity index (χ1n) is 7.68. The summed E-state index contributed by atoms with van der Waals surface area (Å²) < 4.78 is 27.6. The predicted octanol–water partition coefficient (Wildman–Crippen LogP) is -0.138. The van der Waals surface area contributed by atoms with Crippen molar-refractivity contribution in [1.29, 1.82) is 0 Å². The Labute approximate surface area is 139 Å². The van der Waals surface area contributed by atoms with Crippen LogP contribution in [0.25, 0.3) is 0 Å². The van der Waals surface area contributed by atoms with Crippen LogP contribution in [0.15, 0.2) is 0 Å². The molecule has 2 rings (SSSR count). The van der Waals surface area contributed by atoms with Crippen molar-refractivity contribution in [2.45, 2.75) is 71.0 Å². The van der Waals surface area contributed by atoms with Crippen LogP contribution < -0.4 is 5.32 Å². The van der Waals surface area contributed by atoms with E-state index in [0.29, 0.717) is 0 Å². The Balaban J connectivity index is 2.33. The van der Waals surface area contributed by atoms with Gasteiger partial charge in [-0.05, 0) is 13.8 Å². The highest BCUT2D eigenvalue weighted by Gasteiger charge is 2.54. The van der Waals surface area contributed by atoms with Gasteiger partial charge in [0, 0.05) is 20.8 Å². The summed E-state index contributed by atoms with van der Waals surface area (Å²) in [5.41, 5.74) is 0. The molecule has 0 radical (unpaired) electrons. The highest BCUT2D eigenvalue weighted by atomic mass is 16.8. The largest absolute Gasteiger partial charge is 0.457 e.